The number of phosphoric ester groups is 1. The van der Waals surface area contributed by atoms with Crippen LogP contribution in [-0.4, -0.2) is 68.5 Å². The normalized spacial score (nSPS) is 13.6. The Morgan fingerprint density at radius 3 is 0.907 bits per heavy atom. The van der Waals surface area contributed by atoms with Crippen LogP contribution in [0.1, 0.15) is 412 Å². The van der Waals surface area contributed by atoms with Crippen molar-refractivity contribution in [2.24, 2.45) is 0 Å². The molecule has 0 aromatic carbocycles. The summed E-state index contributed by atoms with van der Waals surface area (Å²) in [6.45, 7) is 4.72. The summed E-state index contributed by atoms with van der Waals surface area (Å²) in [4.78, 5) is 25.7. The van der Waals surface area contributed by atoms with Crippen molar-refractivity contribution in [3.63, 3.8) is 0 Å². The van der Waals surface area contributed by atoms with Crippen LogP contribution in [0.3, 0.4) is 0 Å². The largest absolute Gasteiger partial charge is 0.756 e. The van der Waals surface area contributed by atoms with E-state index in [0.29, 0.717) is 17.4 Å². The Balaban J connectivity index is 3.91. The van der Waals surface area contributed by atoms with Crippen LogP contribution < -0.4 is 10.2 Å². The van der Waals surface area contributed by atoms with Gasteiger partial charge in [-0.3, -0.25) is 9.36 Å². The molecule has 0 aliphatic heterocycles. The van der Waals surface area contributed by atoms with E-state index in [-0.39, 0.29) is 19.1 Å². The molecule has 0 saturated carbocycles. The Morgan fingerprint density at radius 2 is 0.640 bits per heavy atom. The zero-order valence-electron chi connectivity index (χ0n) is 58.8. The number of carbonyl (C=O) groups is 1. The third-order valence-electron chi connectivity index (χ3n) is 18.2. The maximum atomic E-state index is 13.1. The van der Waals surface area contributed by atoms with Crippen molar-refractivity contribution in [1.29, 1.82) is 0 Å². The minimum absolute atomic E-state index is 0.00241. The van der Waals surface area contributed by atoms with Gasteiger partial charge in [0.1, 0.15) is 13.2 Å². The summed E-state index contributed by atoms with van der Waals surface area (Å²) in [6.07, 6.45) is 90.5. The highest BCUT2D eigenvalue weighted by atomic mass is 31.2. The molecule has 0 fully saturated rings. The standard InChI is InChI=1S/C77H153N2O6P/c1-6-8-10-12-14-16-18-20-22-24-26-28-30-32-33-34-35-36-37-38-39-40-41-42-43-44-45-47-49-51-53-55-57-59-61-63-65-67-69-71-77(81)78-75(74-85-86(82,83)84-73-72-79(3,4)5)76(80)70-68-66-64-62-60-58-56-54-52-50-48-46-31-29-27-25-23-21-19-17-15-13-11-9-7-2/h24,26,68,70,75-76,80H,6-23,25,27-67,69,71-74H2,1-5H3,(H-,78,81,82,83)/b26-24-,70-68+. The monoisotopic (exact) mass is 1230 g/mol. The number of hydrogen-bond donors (Lipinski definition) is 2. The summed E-state index contributed by atoms with van der Waals surface area (Å²) in [5.41, 5.74) is 0. The van der Waals surface area contributed by atoms with Crippen LogP contribution in [0.25, 0.3) is 0 Å². The number of hydrogen-bond acceptors (Lipinski definition) is 6. The van der Waals surface area contributed by atoms with Crippen molar-refractivity contribution in [1.82, 2.24) is 5.32 Å². The highest BCUT2D eigenvalue weighted by Gasteiger charge is 2.23. The second kappa shape index (κ2) is 68.3. The molecule has 2 N–H and O–H groups in total. The second-order valence-corrected chi connectivity index (χ2v) is 29.5. The van der Waals surface area contributed by atoms with E-state index in [4.69, 9.17) is 9.05 Å². The molecule has 9 heteroatoms. The molecule has 0 spiro atoms. The number of nitrogens with zero attached hydrogens (tertiary/aromatic N) is 1. The van der Waals surface area contributed by atoms with E-state index in [0.717, 1.165) is 38.5 Å². The number of allylic oxidation sites excluding steroid dienone is 3. The van der Waals surface area contributed by atoms with Gasteiger partial charge in [0.05, 0.1) is 39.9 Å². The summed E-state index contributed by atoms with van der Waals surface area (Å²) in [5.74, 6) is -0.187. The molecule has 0 radical (unpaired) electrons. The van der Waals surface area contributed by atoms with Gasteiger partial charge in [0.25, 0.3) is 7.82 Å². The highest BCUT2D eigenvalue weighted by molar-refractivity contribution is 7.45. The Bertz CT molecular complexity index is 1450. The van der Waals surface area contributed by atoms with Crippen molar-refractivity contribution in [2.75, 3.05) is 40.9 Å². The molecular weight excluding hydrogens is 1080 g/mol. The molecule has 0 aliphatic carbocycles. The molecule has 0 aromatic rings. The molecular formula is C77H153N2O6P. The molecule has 0 bridgehead atoms. The topological polar surface area (TPSA) is 108 Å². The third-order valence-corrected chi connectivity index (χ3v) is 19.1. The number of unbranched alkanes of at least 4 members (excludes halogenated alkanes) is 58. The molecule has 0 heterocycles. The van der Waals surface area contributed by atoms with Gasteiger partial charge in [-0.05, 0) is 44.9 Å². The van der Waals surface area contributed by atoms with Gasteiger partial charge in [-0.2, -0.15) is 0 Å². The number of quaternary nitrogens is 1. The molecule has 1 amide bonds. The first kappa shape index (κ1) is 85.0. The van der Waals surface area contributed by atoms with Crippen LogP contribution in [-0.2, 0) is 18.4 Å². The summed E-state index contributed by atoms with van der Waals surface area (Å²) < 4.78 is 23.5. The van der Waals surface area contributed by atoms with Crippen LogP contribution in [0.4, 0.5) is 0 Å². The number of nitrogens with one attached hydrogen (secondary N) is 1. The first-order valence-corrected chi connectivity index (χ1v) is 40.2. The molecule has 3 atom stereocenters. The van der Waals surface area contributed by atoms with Crippen LogP contribution in [0.5, 0.6) is 0 Å². The summed E-state index contributed by atoms with van der Waals surface area (Å²) in [6, 6.07) is -0.885. The van der Waals surface area contributed by atoms with Crippen molar-refractivity contribution >= 4 is 13.7 Å². The van der Waals surface area contributed by atoms with Crippen molar-refractivity contribution in [3.05, 3.63) is 24.3 Å². The number of rotatable bonds is 73. The lowest BCUT2D eigenvalue weighted by atomic mass is 10.0. The van der Waals surface area contributed by atoms with Crippen LogP contribution >= 0.6 is 7.82 Å². The number of aliphatic hydroxyl groups is 1. The maximum absolute atomic E-state index is 13.1. The lowest BCUT2D eigenvalue weighted by Crippen LogP contribution is -2.45. The Hall–Kier alpha value is -1.02. The predicted molar refractivity (Wildman–Crippen MR) is 376 cm³/mol. The van der Waals surface area contributed by atoms with Crippen LogP contribution in [0.2, 0.25) is 0 Å². The Morgan fingerprint density at radius 1 is 0.395 bits per heavy atom. The van der Waals surface area contributed by atoms with E-state index in [1.165, 1.54) is 353 Å². The Kier molecular flexibility index (Phi) is 67.5. The Labute approximate surface area is 538 Å². The SMILES string of the molecule is CCCCCCCCCC/C=C\CCCCCCCCCCCCCCCCCCCCCCCCCCCCCC(=O)NC(COP(=O)([O-])OCC[N+](C)(C)C)C(O)/C=C/CCCCCCCCCCCCCCCCCCCCCCCCC. The third kappa shape index (κ3) is 70.4. The lowest BCUT2D eigenvalue weighted by molar-refractivity contribution is -0.870. The first-order chi connectivity index (χ1) is 42.0. The van der Waals surface area contributed by atoms with Gasteiger partial charge in [0, 0.05) is 6.42 Å². The van der Waals surface area contributed by atoms with E-state index < -0.39 is 20.0 Å². The maximum Gasteiger partial charge on any atom is 0.268 e. The fourth-order valence-electron chi connectivity index (χ4n) is 12.2. The lowest BCUT2D eigenvalue weighted by Gasteiger charge is -2.29. The molecule has 3 unspecified atom stereocenters. The van der Waals surface area contributed by atoms with Gasteiger partial charge in [0.2, 0.25) is 5.91 Å². The van der Waals surface area contributed by atoms with Gasteiger partial charge < -0.3 is 28.8 Å². The van der Waals surface area contributed by atoms with Gasteiger partial charge >= 0.3 is 0 Å². The number of carbonyl (C=O) groups excluding carboxylic acids is 1. The number of likely N-dealkylation sites (N-methyl/N-ethyl adjacent to an activating group) is 1. The number of amides is 1. The van der Waals surface area contributed by atoms with Gasteiger partial charge in [0.15, 0.2) is 0 Å². The van der Waals surface area contributed by atoms with Crippen LogP contribution in [0.15, 0.2) is 24.3 Å². The van der Waals surface area contributed by atoms with Crippen molar-refractivity contribution < 1.29 is 32.9 Å². The van der Waals surface area contributed by atoms with Crippen molar-refractivity contribution in [2.45, 2.75) is 424 Å². The van der Waals surface area contributed by atoms with Crippen molar-refractivity contribution in [3.8, 4) is 0 Å². The van der Waals surface area contributed by atoms with E-state index in [2.05, 4.69) is 31.3 Å². The van der Waals surface area contributed by atoms with E-state index in [9.17, 15) is 19.4 Å². The minimum Gasteiger partial charge on any atom is -0.756 e. The fourth-order valence-corrected chi connectivity index (χ4v) is 12.9. The molecule has 0 rings (SSSR count). The number of phosphoric acid groups is 1. The predicted octanol–water partition coefficient (Wildman–Crippen LogP) is 24.4. The molecule has 86 heavy (non-hydrogen) atoms. The summed E-state index contributed by atoms with van der Waals surface area (Å²) in [5, 5.41) is 14.0. The zero-order chi connectivity index (χ0) is 62.6. The summed E-state index contributed by atoms with van der Waals surface area (Å²) >= 11 is 0. The van der Waals surface area contributed by atoms with Crippen LogP contribution in [0, 0.1) is 0 Å². The number of aliphatic hydroxyl groups excluding tert-OH is 1. The van der Waals surface area contributed by atoms with Gasteiger partial charge in [-0.25, -0.2) is 0 Å². The summed E-state index contributed by atoms with van der Waals surface area (Å²) in [7, 11) is 1.28. The van der Waals surface area contributed by atoms with E-state index in [1.807, 2.05) is 27.2 Å². The molecule has 0 aromatic heterocycles. The molecule has 512 valence electrons. The average molecular weight is 1230 g/mol. The van der Waals surface area contributed by atoms with Gasteiger partial charge in [-0.15, -0.1) is 0 Å². The first-order valence-electron chi connectivity index (χ1n) is 38.7. The zero-order valence-corrected chi connectivity index (χ0v) is 59.7. The minimum atomic E-state index is -4.60. The smallest absolute Gasteiger partial charge is 0.268 e. The highest BCUT2D eigenvalue weighted by Crippen LogP contribution is 2.38. The van der Waals surface area contributed by atoms with Gasteiger partial charge in [-0.1, -0.05) is 385 Å². The van der Waals surface area contributed by atoms with E-state index >= 15 is 0 Å². The second-order valence-electron chi connectivity index (χ2n) is 28.1. The fraction of sp³-hybridized carbons (Fsp3) is 0.935. The van der Waals surface area contributed by atoms with E-state index in [1.54, 1.807) is 6.08 Å². The average Bonchev–Trinajstić information content (AvgIpc) is 3.70. The quantitative estimate of drug-likeness (QED) is 0.0272. The molecule has 0 saturated heterocycles. The molecule has 8 nitrogen and oxygen atoms in total. The molecule has 0 aliphatic rings.